The predicted octanol–water partition coefficient (Wildman–Crippen LogP) is 4.62. The van der Waals surface area contributed by atoms with E-state index in [2.05, 4.69) is 13.0 Å². The minimum absolute atomic E-state index is 0.197. The lowest BCUT2D eigenvalue weighted by Gasteiger charge is -2.34. The van der Waals surface area contributed by atoms with Gasteiger partial charge in [0.2, 0.25) is 0 Å². The van der Waals surface area contributed by atoms with Crippen molar-refractivity contribution in [3.63, 3.8) is 0 Å². The summed E-state index contributed by atoms with van der Waals surface area (Å²) in [7, 11) is 0. The third kappa shape index (κ3) is 2.61. The molecule has 1 aliphatic carbocycles. The van der Waals surface area contributed by atoms with Crippen molar-refractivity contribution < 1.29 is 0 Å². The molecule has 3 heteroatoms. The molecule has 0 aliphatic heterocycles. The number of hydrogen-bond acceptors (Lipinski definition) is 2. The number of nitrogens with two attached hydrogens (primary N) is 1. The number of halogens is 1. The molecular weight excluding hydrogens is 238 g/mol. The van der Waals surface area contributed by atoms with Crippen molar-refractivity contribution >= 4 is 22.9 Å². The molecule has 0 amide bonds. The molecule has 1 fully saturated rings. The standard InChI is InChI=1S/C13H20ClNS/c1-2-9-5-3-4-6-10(9)13(15)11-7-8-12(14)16-11/h7-10,13H,2-6,15H2,1H3. The Morgan fingerprint density at radius 1 is 1.44 bits per heavy atom. The summed E-state index contributed by atoms with van der Waals surface area (Å²) in [5.74, 6) is 1.47. The molecule has 3 atom stereocenters. The Bertz CT molecular complexity index is 336. The second kappa shape index (κ2) is 5.52. The second-order valence-corrected chi connectivity index (χ2v) is 6.53. The maximum absolute atomic E-state index is 6.40. The summed E-state index contributed by atoms with van der Waals surface area (Å²) in [6.07, 6.45) is 6.63. The Morgan fingerprint density at radius 3 is 2.81 bits per heavy atom. The molecule has 0 aromatic carbocycles. The van der Waals surface area contributed by atoms with E-state index in [-0.39, 0.29) is 6.04 Å². The van der Waals surface area contributed by atoms with Gasteiger partial charge in [0, 0.05) is 10.9 Å². The Labute approximate surface area is 107 Å². The van der Waals surface area contributed by atoms with E-state index in [1.54, 1.807) is 11.3 Å². The molecule has 2 rings (SSSR count). The highest BCUT2D eigenvalue weighted by Gasteiger charge is 2.30. The molecule has 1 saturated carbocycles. The van der Waals surface area contributed by atoms with Gasteiger partial charge in [0.1, 0.15) is 0 Å². The molecule has 1 aromatic rings. The van der Waals surface area contributed by atoms with E-state index in [1.165, 1.54) is 37.0 Å². The molecule has 3 unspecified atom stereocenters. The van der Waals surface area contributed by atoms with E-state index in [9.17, 15) is 0 Å². The zero-order valence-corrected chi connectivity index (χ0v) is 11.4. The third-order valence-corrected chi connectivity index (χ3v) is 5.21. The smallest absolute Gasteiger partial charge is 0.0931 e. The van der Waals surface area contributed by atoms with Gasteiger partial charge in [-0.1, -0.05) is 44.2 Å². The lowest BCUT2D eigenvalue weighted by atomic mass is 9.74. The fourth-order valence-corrected chi connectivity index (χ4v) is 4.07. The zero-order valence-electron chi connectivity index (χ0n) is 9.79. The lowest BCUT2D eigenvalue weighted by molar-refractivity contribution is 0.198. The van der Waals surface area contributed by atoms with Crippen LogP contribution < -0.4 is 5.73 Å². The van der Waals surface area contributed by atoms with E-state index in [1.807, 2.05) is 6.07 Å². The Balaban J connectivity index is 2.10. The van der Waals surface area contributed by atoms with Crippen molar-refractivity contribution in [3.05, 3.63) is 21.3 Å². The first-order chi connectivity index (χ1) is 7.72. The Morgan fingerprint density at radius 2 is 2.19 bits per heavy atom. The van der Waals surface area contributed by atoms with Gasteiger partial charge in [0.25, 0.3) is 0 Å². The number of thiophene rings is 1. The van der Waals surface area contributed by atoms with Crippen LogP contribution in [0.2, 0.25) is 4.34 Å². The van der Waals surface area contributed by atoms with Gasteiger partial charge in [-0.15, -0.1) is 11.3 Å². The summed E-state index contributed by atoms with van der Waals surface area (Å²) in [6, 6.07) is 4.26. The van der Waals surface area contributed by atoms with E-state index >= 15 is 0 Å². The van der Waals surface area contributed by atoms with Crippen LogP contribution in [0, 0.1) is 11.8 Å². The Hall–Kier alpha value is -0.0500. The predicted molar refractivity (Wildman–Crippen MR) is 72.0 cm³/mol. The van der Waals surface area contributed by atoms with Crippen molar-refractivity contribution in [1.29, 1.82) is 0 Å². The van der Waals surface area contributed by atoms with E-state index < -0.39 is 0 Å². The fraction of sp³-hybridized carbons (Fsp3) is 0.692. The van der Waals surface area contributed by atoms with E-state index in [0.717, 1.165) is 10.3 Å². The topological polar surface area (TPSA) is 26.0 Å². The monoisotopic (exact) mass is 257 g/mol. The average Bonchev–Trinajstić information content (AvgIpc) is 2.75. The first-order valence-electron chi connectivity index (χ1n) is 6.23. The highest BCUT2D eigenvalue weighted by molar-refractivity contribution is 7.16. The van der Waals surface area contributed by atoms with Gasteiger partial charge >= 0.3 is 0 Å². The van der Waals surface area contributed by atoms with Crippen LogP contribution in [0.5, 0.6) is 0 Å². The summed E-state index contributed by atoms with van der Waals surface area (Å²) in [6.45, 7) is 2.29. The van der Waals surface area contributed by atoms with Gasteiger partial charge in [-0.05, 0) is 30.4 Å². The normalized spacial score (nSPS) is 27.9. The van der Waals surface area contributed by atoms with Gasteiger partial charge in [0.15, 0.2) is 0 Å². The molecular formula is C13H20ClNS. The average molecular weight is 258 g/mol. The summed E-state index contributed by atoms with van der Waals surface area (Å²) in [5, 5.41) is 0. The highest BCUT2D eigenvalue weighted by atomic mass is 35.5. The third-order valence-electron chi connectivity index (χ3n) is 3.88. The molecule has 16 heavy (non-hydrogen) atoms. The minimum Gasteiger partial charge on any atom is -0.323 e. The molecule has 1 nitrogen and oxygen atoms in total. The van der Waals surface area contributed by atoms with Crippen LogP contribution in [-0.4, -0.2) is 0 Å². The van der Waals surface area contributed by atoms with Crippen LogP contribution in [0.1, 0.15) is 49.9 Å². The van der Waals surface area contributed by atoms with Gasteiger partial charge in [-0.3, -0.25) is 0 Å². The number of hydrogen-bond donors (Lipinski definition) is 1. The maximum Gasteiger partial charge on any atom is 0.0931 e. The highest BCUT2D eigenvalue weighted by Crippen LogP contribution is 2.41. The van der Waals surface area contributed by atoms with Crippen LogP contribution >= 0.6 is 22.9 Å². The van der Waals surface area contributed by atoms with Gasteiger partial charge in [0.05, 0.1) is 4.34 Å². The summed E-state index contributed by atoms with van der Waals surface area (Å²) in [5.41, 5.74) is 6.40. The van der Waals surface area contributed by atoms with E-state index in [4.69, 9.17) is 17.3 Å². The van der Waals surface area contributed by atoms with Crippen LogP contribution in [-0.2, 0) is 0 Å². The Kier molecular flexibility index (Phi) is 4.28. The van der Waals surface area contributed by atoms with Gasteiger partial charge in [-0.2, -0.15) is 0 Å². The molecule has 2 N–H and O–H groups in total. The minimum atomic E-state index is 0.197. The molecule has 1 aliphatic rings. The number of rotatable bonds is 3. The first-order valence-corrected chi connectivity index (χ1v) is 7.42. The second-order valence-electron chi connectivity index (χ2n) is 4.78. The van der Waals surface area contributed by atoms with Crippen molar-refractivity contribution in [1.82, 2.24) is 0 Å². The van der Waals surface area contributed by atoms with Crippen LogP contribution in [0.25, 0.3) is 0 Å². The van der Waals surface area contributed by atoms with Gasteiger partial charge < -0.3 is 5.73 Å². The quantitative estimate of drug-likeness (QED) is 0.840. The van der Waals surface area contributed by atoms with E-state index in [0.29, 0.717) is 5.92 Å². The SMILES string of the molecule is CCC1CCCCC1C(N)c1ccc(Cl)s1. The zero-order chi connectivity index (χ0) is 11.5. The molecule has 0 saturated heterocycles. The van der Waals surface area contributed by atoms with Gasteiger partial charge in [-0.25, -0.2) is 0 Å². The largest absolute Gasteiger partial charge is 0.323 e. The molecule has 90 valence electrons. The van der Waals surface area contributed by atoms with Crippen LogP contribution in [0.15, 0.2) is 12.1 Å². The summed E-state index contributed by atoms with van der Waals surface area (Å²) < 4.78 is 0.856. The molecule has 1 aromatic heterocycles. The molecule has 0 radical (unpaired) electrons. The van der Waals surface area contributed by atoms with Crippen molar-refractivity contribution in [2.45, 2.75) is 45.1 Å². The summed E-state index contributed by atoms with van der Waals surface area (Å²) in [4.78, 5) is 1.26. The lowest BCUT2D eigenvalue weighted by Crippen LogP contribution is -2.29. The molecule has 1 heterocycles. The molecule has 0 spiro atoms. The summed E-state index contributed by atoms with van der Waals surface area (Å²) >= 11 is 7.62. The van der Waals surface area contributed by atoms with Crippen molar-refractivity contribution in [3.8, 4) is 0 Å². The molecule has 0 bridgehead atoms. The van der Waals surface area contributed by atoms with Crippen molar-refractivity contribution in [2.75, 3.05) is 0 Å². The van der Waals surface area contributed by atoms with Crippen molar-refractivity contribution in [2.24, 2.45) is 17.6 Å². The first kappa shape index (κ1) is 12.4. The maximum atomic E-state index is 6.40. The van der Waals surface area contributed by atoms with Crippen LogP contribution in [0.4, 0.5) is 0 Å². The fourth-order valence-electron chi connectivity index (χ4n) is 2.93. The van der Waals surface area contributed by atoms with Crippen LogP contribution in [0.3, 0.4) is 0 Å².